The molecule has 1 fully saturated rings. The number of hydrogen-bond donors (Lipinski definition) is 7. The number of nitrogens with one attached hydrogen (secondary N) is 6. The summed E-state index contributed by atoms with van der Waals surface area (Å²) in [4.78, 5) is 112. The molecule has 47 heavy (non-hydrogen) atoms. The van der Waals surface area contributed by atoms with Gasteiger partial charge in [0, 0.05) is 40.8 Å². The molecule has 0 bridgehead atoms. The van der Waals surface area contributed by atoms with E-state index < -0.39 is 102 Å². The Labute approximate surface area is 272 Å². The van der Waals surface area contributed by atoms with Crippen LogP contribution in [0.4, 0.5) is 0 Å². The van der Waals surface area contributed by atoms with E-state index in [0.717, 1.165) is 6.92 Å². The van der Waals surface area contributed by atoms with Crippen molar-refractivity contribution in [3.05, 3.63) is 0 Å². The molecule has 1 heterocycles. The Kier molecular flexibility index (Phi) is 15.9. The molecule has 0 aromatic carbocycles. The molecule has 18 nitrogen and oxygen atoms in total. The van der Waals surface area contributed by atoms with Gasteiger partial charge in [0.15, 0.2) is 0 Å². The van der Waals surface area contributed by atoms with Crippen molar-refractivity contribution in [2.24, 2.45) is 5.92 Å². The van der Waals surface area contributed by atoms with Crippen LogP contribution >= 0.6 is 0 Å². The van der Waals surface area contributed by atoms with E-state index in [9.17, 15) is 48.3 Å². The Morgan fingerprint density at radius 1 is 0.915 bits per heavy atom. The Morgan fingerprint density at radius 2 is 1.53 bits per heavy atom. The largest absolute Gasteiger partial charge is 0.434 e. The highest BCUT2D eigenvalue weighted by Gasteiger charge is 2.36. The van der Waals surface area contributed by atoms with Crippen molar-refractivity contribution in [3.8, 4) is 0 Å². The third-order valence-electron chi connectivity index (χ3n) is 6.88. The van der Waals surface area contributed by atoms with Crippen molar-refractivity contribution in [2.45, 2.75) is 97.2 Å². The number of hydrogen-bond acceptors (Lipinski definition) is 11. The fraction of sp³-hybridized carbons (Fsp3) is 0.690. The van der Waals surface area contributed by atoms with Gasteiger partial charge >= 0.3 is 5.97 Å². The molecule has 0 aromatic rings. The summed E-state index contributed by atoms with van der Waals surface area (Å²) >= 11 is 0. The molecule has 18 heteroatoms. The molecular weight excluding hydrogens is 622 g/mol. The molecular formula is C29H47N7O11. The van der Waals surface area contributed by atoms with E-state index in [-0.39, 0.29) is 19.4 Å². The summed E-state index contributed by atoms with van der Waals surface area (Å²) in [5.74, 6) is -8.67. The minimum Gasteiger partial charge on any atom is -0.434 e. The van der Waals surface area contributed by atoms with Gasteiger partial charge in [-0.25, -0.2) is 0 Å². The summed E-state index contributed by atoms with van der Waals surface area (Å²) in [6.07, 6.45) is 0.318. The molecule has 0 spiro atoms. The maximum absolute atomic E-state index is 12.9. The molecule has 1 rings (SSSR count). The first kappa shape index (κ1) is 40.4. The van der Waals surface area contributed by atoms with Gasteiger partial charge < -0.3 is 46.6 Å². The van der Waals surface area contributed by atoms with Gasteiger partial charge in [0.1, 0.15) is 18.1 Å². The van der Waals surface area contributed by atoms with E-state index in [1.54, 1.807) is 13.8 Å². The normalized spacial score (nSPS) is 16.2. The lowest BCUT2D eigenvalue weighted by atomic mass is 10.0. The topological polar surface area (TPSA) is 259 Å². The number of carbonyl (C=O) groups is 9. The molecule has 7 N–H and O–H groups in total. The van der Waals surface area contributed by atoms with Gasteiger partial charge in [0.2, 0.25) is 47.0 Å². The fourth-order valence-corrected chi connectivity index (χ4v) is 4.56. The predicted octanol–water partition coefficient (Wildman–Crippen LogP) is -3.27. The second kappa shape index (κ2) is 18.5. The lowest BCUT2D eigenvalue weighted by Gasteiger charge is -2.26. The minimum absolute atomic E-state index is 0.181. The lowest BCUT2D eigenvalue weighted by molar-refractivity contribution is -0.195. The van der Waals surface area contributed by atoms with Crippen LogP contribution < -0.4 is 31.9 Å². The number of likely N-dealkylation sites (tertiary alicyclic amines) is 1. The second-order valence-electron chi connectivity index (χ2n) is 11.9. The Hall–Kier alpha value is -4.61. The minimum atomic E-state index is -1.72. The van der Waals surface area contributed by atoms with Crippen LogP contribution in [-0.2, 0) is 47.9 Å². The molecule has 0 aliphatic carbocycles. The molecule has 7 amide bonds. The summed E-state index contributed by atoms with van der Waals surface area (Å²) in [7, 11) is 1.28. The number of nitrogens with zero attached hydrogens (tertiary/aromatic N) is 1. The zero-order chi connectivity index (χ0) is 36.1. The van der Waals surface area contributed by atoms with Gasteiger partial charge in [0.25, 0.3) is 5.91 Å². The van der Waals surface area contributed by atoms with E-state index >= 15 is 0 Å². The zero-order valence-corrected chi connectivity index (χ0v) is 27.8. The summed E-state index contributed by atoms with van der Waals surface area (Å²) in [5.41, 5.74) is 0. The van der Waals surface area contributed by atoms with Crippen molar-refractivity contribution in [1.29, 1.82) is 0 Å². The van der Waals surface area contributed by atoms with Crippen LogP contribution in [0.15, 0.2) is 0 Å². The second-order valence-corrected chi connectivity index (χ2v) is 11.9. The highest BCUT2D eigenvalue weighted by molar-refractivity contribution is 6.38. The molecule has 264 valence electrons. The first-order chi connectivity index (χ1) is 21.8. The van der Waals surface area contributed by atoms with E-state index in [1.807, 2.05) is 0 Å². The standard InChI is InChI=1S/C29H47N7O11/c1-15(2)23(35-20(38)13-31-25(42)18(34-17(4)37)10-11-22(40)47-29(5,6)46)27(44)32-14-21(39)36-12-8-9-19(36)26(43)33-16(3)24(41)28(45)30-7/h15-16,18-19,23,46H,8-14H2,1-7H3,(H,30,45)(H,31,42)(H,32,44)(H,33,43)(H,34,37)(H,35,38)/t16-,18?,19?,23?/m0/s1. The van der Waals surface area contributed by atoms with E-state index in [1.165, 1.54) is 32.7 Å². The summed E-state index contributed by atoms with van der Waals surface area (Å²) < 4.78 is 4.78. The molecule has 0 radical (unpaired) electrons. The number of ketones is 1. The maximum Gasteiger partial charge on any atom is 0.308 e. The van der Waals surface area contributed by atoms with Crippen LogP contribution in [0.5, 0.6) is 0 Å². The number of rotatable bonds is 17. The Balaban J connectivity index is 2.71. The highest BCUT2D eigenvalue weighted by Crippen LogP contribution is 2.18. The van der Waals surface area contributed by atoms with Gasteiger partial charge in [-0.05, 0) is 32.1 Å². The number of likely N-dealkylation sites (N-methyl/N-ethyl adjacent to an activating group) is 1. The van der Waals surface area contributed by atoms with Crippen LogP contribution in [0.1, 0.15) is 67.2 Å². The van der Waals surface area contributed by atoms with Crippen LogP contribution in [-0.4, -0.2) is 120 Å². The summed E-state index contributed by atoms with van der Waals surface area (Å²) in [6.45, 7) is 7.47. The number of esters is 1. The number of aliphatic hydroxyl groups is 1. The van der Waals surface area contributed by atoms with Crippen molar-refractivity contribution >= 4 is 53.1 Å². The lowest BCUT2D eigenvalue weighted by Crippen LogP contribution is -2.55. The SMILES string of the molecule is CNC(=O)C(=O)[C@H](C)NC(=O)C1CCCN1C(=O)CNC(=O)C(NC(=O)CNC(=O)C(CCC(=O)OC(C)(C)O)NC(C)=O)C(C)C. The maximum atomic E-state index is 12.9. The van der Waals surface area contributed by atoms with E-state index in [2.05, 4.69) is 31.9 Å². The molecule has 0 aromatic heterocycles. The van der Waals surface area contributed by atoms with Crippen molar-refractivity contribution < 1.29 is 53.0 Å². The third kappa shape index (κ3) is 14.1. The number of Topliss-reactive ketones (excluding diaryl/α,β-unsaturated/α-hetero) is 1. The van der Waals surface area contributed by atoms with E-state index in [0.29, 0.717) is 12.8 Å². The number of amides is 7. The predicted molar refractivity (Wildman–Crippen MR) is 163 cm³/mol. The monoisotopic (exact) mass is 669 g/mol. The molecule has 3 unspecified atom stereocenters. The first-order valence-electron chi connectivity index (χ1n) is 15.2. The molecule has 1 aliphatic rings. The quantitative estimate of drug-likeness (QED) is 0.0459. The zero-order valence-electron chi connectivity index (χ0n) is 27.8. The smallest absolute Gasteiger partial charge is 0.308 e. The average molecular weight is 670 g/mol. The van der Waals surface area contributed by atoms with Gasteiger partial charge in [0.05, 0.1) is 19.1 Å². The first-order valence-corrected chi connectivity index (χ1v) is 15.2. The van der Waals surface area contributed by atoms with Crippen LogP contribution in [0.3, 0.4) is 0 Å². The Morgan fingerprint density at radius 3 is 2.09 bits per heavy atom. The molecule has 1 aliphatic heterocycles. The highest BCUT2D eigenvalue weighted by atomic mass is 16.7. The molecule has 4 atom stereocenters. The average Bonchev–Trinajstić information content (AvgIpc) is 3.47. The van der Waals surface area contributed by atoms with Crippen LogP contribution in [0.2, 0.25) is 0 Å². The fourth-order valence-electron chi connectivity index (χ4n) is 4.56. The van der Waals surface area contributed by atoms with E-state index in [4.69, 9.17) is 4.74 Å². The molecule has 0 saturated carbocycles. The van der Waals surface area contributed by atoms with Gasteiger partial charge in [-0.1, -0.05) is 13.8 Å². The number of ether oxygens (including phenoxy) is 1. The van der Waals surface area contributed by atoms with Gasteiger partial charge in [-0.3, -0.25) is 43.2 Å². The molecule has 1 saturated heterocycles. The Bertz CT molecular complexity index is 1220. The third-order valence-corrected chi connectivity index (χ3v) is 6.88. The van der Waals surface area contributed by atoms with Crippen LogP contribution in [0, 0.1) is 5.92 Å². The summed E-state index contributed by atoms with van der Waals surface area (Å²) in [6, 6.07) is -4.32. The van der Waals surface area contributed by atoms with Gasteiger partial charge in [-0.2, -0.15) is 0 Å². The summed E-state index contributed by atoms with van der Waals surface area (Å²) in [5, 5.41) is 23.9. The van der Waals surface area contributed by atoms with Crippen LogP contribution in [0.25, 0.3) is 0 Å². The van der Waals surface area contributed by atoms with Crippen molar-refractivity contribution in [1.82, 2.24) is 36.8 Å². The van der Waals surface area contributed by atoms with Gasteiger partial charge in [-0.15, -0.1) is 0 Å². The van der Waals surface area contributed by atoms with Crippen molar-refractivity contribution in [3.63, 3.8) is 0 Å². The number of carbonyl (C=O) groups excluding carboxylic acids is 9. The van der Waals surface area contributed by atoms with Crippen molar-refractivity contribution in [2.75, 3.05) is 26.7 Å².